The number of nitrogens with zero attached hydrogens (tertiary/aromatic N) is 3. The van der Waals surface area contributed by atoms with Crippen molar-refractivity contribution in [3.63, 3.8) is 0 Å². The summed E-state index contributed by atoms with van der Waals surface area (Å²) < 4.78 is 171. The van der Waals surface area contributed by atoms with Gasteiger partial charge in [-0.15, -0.1) is 0 Å². The summed E-state index contributed by atoms with van der Waals surface area (Å²) in [6, 6.07) is 0.621. The Bertz CT molecular complexity index is 1900. The van der Waals surface area contributed by atoms with E-state index in [2.05, 4.69) is 24.4 Å². The number of rotatable bonds is 10. The predicted octanol–water partition coefficient (Wildman–Crippen LogP) is 0.641. The fourth-order valence-corrected chi connectivity index (χ4v) is 6.06. The summed E-state index contributed by atoms with van der Waals surface area (Å²) in [6.07, 6.45) is 0.602. The summed E-state index contributed by atoms with van der Waals surface area (Å²) in [5.41, 5.74) is -2.19. The molecule has 0 aliphatic carbocycles. The average molecular weight is 680 g/mol. The number of nitrogens with one attached hydrogen (secondary N) is 2. The molecule has 1 aromatic heterocycles. The van der Waals surface area contributed by atoms with Crippen molar-refractivity contribution in [2.24, 2.45) is 0 Å². The molecule has 0 amide bonds. The van der Waals surface area contributed by atoms with Crippen LogP contribution in [0.2, 0.25) is 0 Å². The van der Waals surface area contributed by atoms with E-state index in [1.807, 2.05) is 10.6 Å². The molecule has 0 bridgehead atoms. The third kappa shape index (κ3) is 6.62. The second kappa shape index (κ2) is 11.1. The zero-order valence-corrected chi connectivity index (χ0v) is 23.6. The van der Waals surface area contributed by atoms with Gasteiger partial charge < -0.3 is 20.1 Å². The van der Waals surface area contributed by atoms with Gasteiger partial charge in [0.15, 0.2) is 32.9 Å². The van der Waals surface area contributed by atoms with E-state index >= 15 is 0 Å². The lowest BCUT2D eigenvalue weighted by atomic mass is 10.2. The molecule has 230 valence electrons. The van der Waals surface area contributed by atoms with E-state index in [1.165, 1.54) is 0 Å². The summed E-state index contributed by atoms with van der Waals surface area (Å²) in [5.74, 6) is -8.20. The molecule has 1 heterocycles. The maximum absolute atomic E-state index is 14.9. The molecule has 0 atom stereocenters. The number of aromatic nitrogens is 3. The van der Waals surface area contributed by atoms with Gasteiger partial charge in [-0.05, 0) is 12.1 Å². The SMILES string of the molecule is COc1c(S(=O)(=O)O)cc(Nc2ncnc(Nc3cc(S(=O)(=O)O)c(OC)c(F)c3S(=O)(=O)O)n2)c(S(=O)(=O)O)c1F. The molecule has 0 radical (unpaired) electrons. The van der Waals surface area contributed by atoms with Crippen LogP contribution in [0.25, 0.3) is 0 Å². The molecule has 6 N–H and O–H groups in total. The summed E-state index contributed by atoms with van der Waals surface area (Å²) in [6.45, 7) is 0. The van der Waals surface area contributed by atoms with Crippen LogP contribution in [0.1, 0.15) is 0 Å². The minimum atomic E-state index is -5.50. The quantitative estimate of drug-likeness (QED) is 0.160. The van der Waals surface area contributed by atoms with Crippen molar-refractivity contribution in [3.05, 3.63) is 30.1 Å². The fraction of sp³-hybridized carbons (Fsp3) is 0.118. The van der Waals surface area contributed by atoms with Gasteiger partial charge in [0, 0.05) is 0 Å². The summed E-state index contributed by atoms with van der Waals surface area (Å²) >= 11 is 0. The molecule has 0 spiro atoms. The van der Waals surface area contributed by atoms with Crippen molar-refractivity contribution in [1.82, 2.24) is 15.0 Å². The van der Waals surface area contributed by atoms with Crippen molar-refractivity contribution >= 4 is 63.7 Å². The van der Waals surface area contributed by atoms with E-state index in [4.69, 9.17) is 0 Å². The fourth-order valence-electron chi connectivity index (χ4n) is 3.29. The molecule has 0 fully saturated rings. The average Bonchev–Trinajstić information content (AvgIpc) is 2.81. The molecule has 3 rings (SSSR count). The Kier molecular flexibility index (Phi) is 8.63. The minimum absolute atomic E-state index is 0.310. The largest absolute Gasteiger partial charge is 0.492 e. The van der Waals surface area contributed by atoms with Crippen molar-refractivity contribution in [2.75, 3.05) is 24.9 Å². The van der Waals surface area contributed by atoms with Crippen LogP contribution in [0.3, 0.4) is 0 Å². The Hall–Kier alpha value is -3.85. The maximum Gasteiger partial charge on any atom is 0.299 e. The highest BCUT2D eigenvalue weighted by atomic mass is 32.2. The van der Waals surface area contributed by atoms with E-state index in [0.29, 0.717) is 32.7 Å². The molecule has 25 heteroatoms. The number of methoxy groups -OCH3 is 2. The molecule has 0 aliphatic rings. The van der Waals surface area contributed by atoms with Gasteiger partial charge in [0.2, 0.25) is 11.9 Å². The van der Waals surface area contributed by atoms with E-state index < -0.39 is 106 Å². The number of hydrogen-bond acceptors (Lipinski definition) is 15. The molecule has 19 nitrogen and oxygen atoms in total. The maximum atomic E-state index is 14.9. The first-order valence-electron chi connectivity index (χ1n) is 10.0. The normalized spacial score (nSPS) is 12.6. The van der Waals surface area contributed by atoms with Crippen LogP contribution in [0.4, 0.5) is 32.1 Å². The van der Waals surface area contributed by atoms with Gasteiger partial charge in [0.1, 0.15) is 16.1 Å². The Balaban J connectivity index is 2.23. The van der Waals surface area contributed by atoms with Crippen molar-refractivity contribution in [2.45, 2.75) is 19.6 Å². The number of benzene rings is 2. The monoisotopic (exact) mass is 679 g/mol. The topological polar surface area (TPSA) is 299 Å². The van der Waals surface area contributed by atoms with Gasteiger partial charge >= 0.3 is 0 Å². The second-order valence-corrected chi connectivity index (χ2v) is 13.0. The lowest BCUT2D eigenvalue weighted by molar-refractivity contribution is 0.363. The van der Waals surface area contributed by atoms with Crippen LogP contribution in [0.15, 0.2) is 38.0 Å². The number of halogens is 2. The van der Waals surface area contributed by atoms with Crippen LogP contribution < -0.4 is 20.1 Å². The van der Waals surface area contributed by atoms with Gasteiger partial charge in [-0.2, -0.15) is 38.7 Å². The molecule has 3 aromatic rings. The molecule has 42 heavy (non-hydrogen) atoms. The van der Waals surface area contributed by atoms with Crippen LogP contribution in [-0.2, 0) is 40.5 Å². The predicted molar refractivity (Wildman–Crippen MR) is 132 cm³/mol. The van der Waals surface area contributed by atoms with Crippen molar-refractivity contribution < 1.29 is 70.1 Å². The standard InChI is InChI=1S/C17H15F2N5O14S4/c1-37-12-8(39(25,26)27)3-6(14(10(12)18)41(31,32)33)22-16-20-5-21-17(24-16)23-7-4-9(40(28,29)30)13(38-2)11(19)15(7)42(34,35)36/h3-5H,1-2H3,(H,25,26,27)(H,28,29,30)(H,31,32,33)(H,34,35,36)(H2,20,21,22,23,24). The summed E-state index contributed by atoms with van der Waals surface area (Å²) in [7, 11) is -20.1. The summed E-state index contributed by atoms with van der Waals surface area (Å²) in [4.78, 5) is 4.82. The van der Waals surface area contributed by atoms with Gasteiger partial charge in [-0.1, -0.05) is 0 Å². The number of hydrogen-bond donors (Lipinski definition) is 6. The molecule has 0 aliphatic heterocycles. The first-order chi connectivity index (χ1) is 19.1. The van der Waals surface area contributed by atoms with E-state index in [-0.39, 0.29) is 0 Å². The van der Waals surface area contributed by atoms with Crippen LogP contribution >= 0.6 is 0 Å². The van der Waals surface area contributed by atoms with Gasteiger partial charge in [-0.3, -0.25) is 18.2 Å². The number of ether oxygens (including phenoxy) is 2. The third-order valence-electron chi connectivity index (χ3n) is 4.83. The zero-order chi connectivity index (χ0) is 32.0. The van der Waals surface area contributed by atoms with Gasteiger partial charge in [0.05, 0.1) is 25.6 Å². The third-order valence-corrected chi connectivity index (χ3v) is 8.38. The van der Waals surface area contributed by atoms with Crippen LogP contribution in [-0.4, -0.2) is 81.1 Å². The second-order valence-electron chi connectivity index (χ2n) is 7.48. The highest BCUT2D eigenvalue weighted by Gasteiger charge is 2.33. The van der Waals surface area contributed by atoms with Gasteiger partial charge in [0.25, 0.3) is 40.5 Å². The highest BCUT2D eigenvalue weighted by molar-refractivity contribution is 7.87. The van der Waals surface area contributed by atoms with Crippen molar-refractivity contribution in [1.29, 1.82) is 0 Å². The smallest absolute Gasteiger partial charge is 0.299 e. The van der Waals surface area contributed by atoms with Gasteiger partial charge in [-0.25, -0.2) is 18.7 Å². The van der Waals surface area contributed by atoms with Crippen molar-refractivity contribution in [3.8, 4) is 11.5 Å². The summed E-state index contributed by atoms with van der Waals surface area (Å²) in [5, 5.41) is 4.02. The minimum Gasteiger partial charge on any atom is -0.492 e. The Labute approximate surface area is 234 Å². The van der Waals surface area contributed by atoms with E-state index in [1.54, 1.807) is 0 Å². The molecule has 0 unspecified atom stereocenters. The molecule has 2 aromatic carbocycles. The van der Waals surface area contributed by atoms with E-state index in [9.17, 15) is 60.7 Å². The lowest BCUT2D eigenvalue weighted by Crippen LogP contribution is -2.14. The van der Waals surface area contributed by atoms with Crippen LogP contribution in [0.5, 0.6) is 11.5 Å². The highest BCUT2D eigenvalue weighted by Crippen LogP contribution is 2.39. The van der Waals surface area contributed by atoms with E-state index in [0.717, 1.165) is 0 Å². The zero-order valence-electron chi connectivity index (χ0n) is 20.3. The molecule has 0 saturated carbocycles. The molecular formula is C17H15F2N5O14S4. The Morgan fingerprint density at radius 1 is 0.643 bits per heavy atom. The van der Waals surface area contributed by atoms with Crippen LogP contribution in [0, 0.1) is 11.6 Å². The molecule has 0 saturated heterocycles. The Morgan fingerprint density at radius 3 is 1.24 bits per heavy atom. The first kappa shape index (κ1) is 32.7. The number of anilines is 4. The Morgan fingerprint density at radius 2 is 0.976 bits per heavy atom. The first-order valence-corrected chi connectivity index (χ1v) is 15.8. The molecular weight excluding hydrogens is 664 g/mol. The lowest BCUT2D eigenvalue weighted by Gasteiger charge is -2.16.